The largest absolute Gasteiger partial charge is 0.505 e. The van der Waals surface area contributed by atoms with E-state index < -0.39 is 107 Å². The number of amides is 3. The van der Waals surface area contributed by atoms with Crippen LogP contribution in [-0.4, -0.2) is 74.2 Å². The van der Waals surface area contributed by atoms with Crippen LogP contribution in [0.15, 0.2) is 18.3 Å². The van der Waals surface area contributed by atoms with Crippen LogP contribution >= 0.6 is 0 Å². The molecule has 0 bridgehead atoms. The third-order valence-electron chi connectivity index (χ3n) is 7.16. The number of aliphatic hydroxyl groups excluding tert-OH is 1. The summed E-state index contributed by atoms with van der Waals surface area (Å²) < 4.78 is 61.7. The van der Waals surface area contributed by atoms with Crippen LogP contribution in [0.3, 0.4) is 0 Å². The number of halogens is 4. The van der Waals surface area contributed by atoms with Gasteiger partial charge in [0.2, 0.25) is 23.6 Å². The number of esters is 1. The first-order valence-electron chi connectivity index (χ1n) is 12.9. The summed E-state index contributed by atoms with van der Waals surface area (Å²) >= 11 is 0. The third-order valence-corrected chi connectivity index (χ3v) is 7.16. The van der Waals surface area contributed by atoms with Crippen molar-refractivity contribution in [1.29, 1.82) is 0 Å². The summed E-state index contributed by atoms with van der Waals surface area (Å²) in [7, 11) is 0. The van der Waals surface area contributed by atoms with Crippen LogP contribution in [0.25, 0.3) is 0 Å². The van der Waals surface area contributed by atoms with Crippen LogP contribution in [-0.2, 0) is 25.5 Å². The van der Waals surface area contributed by atoms with E-state index in [1.165, 1.54) is 26.1 Å². The van der Waals surface area contributed by atoms with Gasteiger partial charge in [0.1, 0.15) is 23.9 Å². The SMILES string of the molecule is C[C@H]1OC(=O)C(C2CC2)NC(=O)[C@H](C)[C@H](O)[C@H](Cc2c(F)nc(F)c(F)c2F)NC(=O)[C@H]1NC(=O)c1ncccc1O. The molecule has 12 nitrogen and oxygen atoms in total. The summed E-state index contributed by atoms with van der Waals surface area (Å²) in [4.78, 5) is 58.8. The number of aromatic hydroxyl groups is 1. The fourth-order valence-corrected chi connectivity index (χ4v) is 4.53. The summed E-state index contributed by atoms with van der Waals surface area (Å²) in [6, 6.07) is -2.15. The summed E-state index contributed by atoms with van der Waals surface area (Å²) in [6.07, 6.45) is -2.02. The summed E-state index contributed by atoms with van der Waals surface area (Å²) in [5, 5.41) is 28.1. The van der Waals surface area contributed by atoms with Crippen molar-refractivity contribution in [3.05, 3.63) is 53.1 Å². The van der Waals surface area contributed by atoms with Gasteiger partial charge >= 0.3 is 5.97 Å². The number of ether oxygens (including phenoxy) is 1. The maximum Gasteiger partial charge on any atom is 0.329 e. The van der Waals surface area contributed by atoms with Gasteiger partial charge in [-0.1, -0.05) is 6.92 Å². The van der Waals surface area contributed by atoms with Gasteiger partial charge in [-0.15, -0.1) is 0 Å². The lowest BCUT2D eigenvalue weighted by Gasteiger charge is -2.33. The number of rotatable bonds is 5. The van der Waals surface area contributed by atoms with E-state index in [1.807, 2.05) is 0 Å². The topological polar surface area (TPSA) is 180 Å². The van der Waals surface area contributed by atoms with Crippen molar-refractivity contribution in [3.8, 4) is 5.75 Å². The first-order chi connectivity index (χ1) is 19.8. The Bertz CT molecular complexity index is 1410. The highest BCUT2D eigenvalue weighted by Crippen LogP contribution is 2.34. The average molecular weight is 598 g/mol. The van der Waals surface area contributed by atoms with E-state index in [1.54, 1.807) is 0 Å². The quantitative estimate of drug-likeness (QED) is 0.185. The second-order valence-corrected chi connectivity index (χ2v) is 10.2. The Hall–Kier alpha value is -4.34. The summed E-state index contributed by atoms with van der Waals surface area (Å²) in [5.74, 6) is -14.1. The molecule has 5 N–H and O–H groups in total. The number of carbonyl (C=O) groups excluding carboxylic acids is 4. The fraction of sp³-hybridized carbons (Fsp3) is 0.462. The van der Waals surface area contributed by atoms with E-state index in [4.69, 9.17) is 4.74 Å². The van der Waals surface area contributed by atoms with Gasteiger partial charge in [0, 0.05) is 18.2 Å². The standard InChI is InChI=1S/C26H27F4N5O7/c1-9-20(37)13(8-12-15(27)16(28)22(30)35-21(12)29)32-24(39)17(33-25(40)19-14(36)4-3-7-31-19)10(2)42-26(41)18(11-5-6-11)34-23(9)38/h3-4,7,9-11,13,17-18,20,36-37H,5-6,8H2,1-2H3,(H,32,39)(H,33,40)(H,34,38)/t9-,10-,13+,17+,18?,20+/m1/s1. The van der Waals surface area contributed by atoms with Crippen molar-refractivity contribution in [3.63, 3.8) is 0 Å². The number of nitrogens with zero attached hydrogens (tertiary/aromatic N) is 2. The maximum atomic E-state index is 14.5. The number of carbonyl (C=O) groups is 4. The van der Waals surface area contributed by atoms with Gasteiger partial charge in [-0.25, -0.2) is 14.2 Å². The molecule has 2 aromatic rings. The molecule has 226 valence electrons. The molecule has 1 saturated carbocycles. The zero-order valence-electron chi connectivity index (χ0n) is 22.2. The lowest BCUT2D eigenvalue weighted by Crippen LogP contribution is -2.61. The number of aromatic nitrogens is 2. The van der Waals surface area contributed by atoms with Gasteiger partial charge < -0.3 is 30.9 Å². The lowest BCUT2D eigenvalue weighted by atomic mass is 9.91. The Morgan fingerprint density at radius 3 is 2.40 bits per heavy atom. The van der Waals surface area contributed by atoms with E-state index >= 15 is 0 Å². The van der Waals surface area contributed by atoms with Crippen molar-refractivity contribution < 1.29 is 51.7 Å². The minimum Gasteiger partial charge on any atom is -0.505 e. The van der Waals surface area contributed by atoms with Crippen molar-refractivity contribution in [2.75, 3.05) is 0 Å². The first kappa shape index (κ1) is 30.6. The molecule has 0 radical (unpaired) electrons. The van der Waals surface area contributed by atoms with E-state index in [2.05, 4.69) is 25.9 Å². The molecule has 1 aliphatic heterocycles. The van der Waals surface area contributed by atoms with Crippen LogP contribution in [0.2, 0.25) is 0 Å². The molecular weight excluding hydrogens is 570 g/mol. The van der Waals surface area contributed by atoms with Gasteiger partial charge in [0.25, 0.3) is 11.9 Å². The molecular formula is C26H27F4N5O7. The number of pyridine rings is 2. The normalized spacial score (nSPS) is 27.2. The monoisotopic (exact) mass is 597 g/mol. The average Bonchev–Trinajstić information content (AvgIpc) is 3.78. The van der Waals surface area contributed by atoms with E-state index in [9.17, 15) is 47.0 Å². The second kappa shape index (κ2) is 12.3. The molecule has 6 atom stereocenters. The molecule has 1 aliphatic carbocycles. The second-order valence-electron chi connectivity index (χ2n) is 10.2. The molecule has 3 heterocycles. The molecule has 42 heavy (non-hydrogen) atoms. The molecule has 1 saturated heterocycles. The van der Waals surface area contributed by atoms with Crippen molar-refractivity contribution in [1.82, 2.24) is 25.9 Å². The summed E-state index contributed by atoms with van der Waals surface area (Å²) in [5.41, 5.74) is -1.62. The first-order valence-corrected chi connectivity index (χ1v) is 12.9. The highest BCUT2D eigenvalue weighted by atomic mass is 19.2. The Labute approximate surface area is 235 Å². The van der Waals surface area contributed by atoms with Gasteiger partial charge in [-0.05, 0) is 37.8 Å². The number of cyclic esters (lactones) is 1. The number of hydrogen-bond donors (Lipinski definition) is 5. The molecule has 2 fully saturated rings. The Morgan fingerprint density at radius 2 is 1.76 bits per heavy atom. The minimum atomic E-state index is -2.10. The molecule has 0 aromatic carbocycles. The predicted octanol–water partition coefficient (Wildman–Crippen LogP) is 0.402. The predicted molar refractivity (Wildman–Crippen MR) is 132 cm³/mol. The van der Waals surface area contributed by atoms with Gasteiger partial charge in [0.05, 0.1) is 18.1 Å². The zero-order valence-corrected chi connectivity index (χ0v) is 22.2. The van der Waals surface area contributed by atoms with Crippen LogP contribution in [0, 0.1) is 35.4 Å². The van der Waals surface area contributed by atoms with Crippen molar-refractivity contribution in [2.24, 2.45) is 11.8 Å². The highest BCUT2D eigenvalue weighted by molar-refractivity contribution is 5.98. The van der Waals surface area contributed by atoms with Crippen LogP contribution in [0.5, 0.6) is 5.75 Å². The molecule has 2 aliphatic rings. The van der Waals surface area contributed by atoms with Crippen LogP contribution in [0.1, 0.15) is 42.7 Å². The van der Waals surface area contributed by atoms with Crippen LogP contribution in [0.4, 0.5) is 17.6 Å². The molecule has 1 unspecified atom stereocenters. The molecule has 2 aromatic heterocycles. The number of hydrogen-bond acceptors (Lipinski definition) is 9. The van der Waals surface area contributed by atoms with Crippen molar-refractivity contribution >= 4 is 23.7 Å². The lowest BCUT2D eigenvalue weighted by molar-refractivity contribution is -0.156. The summed E-state index contributed by atoms with van der Waals surface area (Å²) in [6.45, 7) is 2.45. The van der Waals surface area contributed by atoms with Crippen LogP contribution < -0.4 is 16.0 Å². The van der Waals surface area contributed by atoms with E-state index in [-0.39, 0.29) is 5.92 Å². The molecule has 16 heteroatoms. The highest BCUT2D eigenvalue weighted by Gasteiger charge is 2.44. The number of nitrogens with one attached hydrogen (secondary N) is 3. The van der Waals surface area contributed by atoms with Gasteiger partial charge in [0.15, 0.2) is 11.5 Å². The van der Waals surface area contributed by atoms with E-state index in [0.717, 1.165) is 6.07 Å². The zero-order chi connectivity index (χ0) is 30.9. The fourth-order valence-electron chi connectivity index (χ4n) is 4.53. The maximum absolute atomic E-state index is 14.5. The van der Waals surface area contributed by atoms with Gasteiger partial charge in [-0.3, -0.25) is 14.4 Å². The number of aliphatic hydroxyl groups is 1. The smallest absolute Gasteiger partial charge is 0.329 e. The van der Waals surface area contributed by atoms with E-state index in [0.29, 0.717) is 12.8 Å². The molecule has 0 spiro atoms. The Kier molecular flexibility index (Phi) is 8.94. The minimum absolute atomic E-state index is 0.305. The third kappa shape index (κ3) is 6.42. The Balaban J connectivity index is 1.73. The van der Waals surface area contributed by atoms with Crippen molar-refractivity contribution in [2.45, 2.75) is 63.4 Å². The Morgan fingerprint density at radius 1 is 1.07 bits per heavy atom. The molecule has 3 amide bonds. The van der Waals surface area contributed by atoms with Gasteiger partial charge in [-0.2, -0.15) is 18.2 Å². The molecule has 4 rings (SSSR count).